The normalized spacial score (nSPS) is 20.4. The standard InChI is InChI=1S/C21H24ClN5O2/c22-10-16-1-2-18-17(9-16)3-7-29-8-6-27(18)20(28)26-14-21(15-26)12-25(13-21)19-11-23-4-5-24-19/h1-2,4-5,9,11H,3,6-8,10,12-15H2. The third-order valence-electron chi connectivity index (χ3n) is 6.04. The van der Waals surface area contributed by atoms with Crippen LogP contribution in [-0.2, 0) is 17.0 Å². The van der Waals surface area contributed by atoms with Gasteiger partial charge in [-0.25, -0.2) is 9.78 Å². The van der Waals surface area contributed by atoms with E-state index in [-0.39, 0.29) is 11.4 Å². The van der Waals surface area contributed by atoms with E-state index in [2.05, 4.69) is 20.9 Å². The van der Waals surface area contributed by atoms with E-state index in [1.54, 1.807) is 18.6 Å². The Kier molecular flexibility index (Phi) is 4.80. The summed E-state index contributed by atoms with van der Waals surface area (Å²) in [6, 6.07) is 6.21. The highest BCUT2D eigenvalue weighted by molar-refractivity contribution is 6.17. The Morgan fingerprint density at radius 1 is 1.17 bits per heavy atom. The number of rotatable bonds is 2. The molecule has 2 saturated heterocycles. The monoisotopic (exact) mass is 413 g/mol. The molecule has 0 unspecified atom stereocenters. The van der Waals surface area contributed by atoms with Crippen LogP contribution in [-0.4, -0.2) is 66.8 Å². The van der Waals surface area contributed by atoms with Gasteiger partial charge in [0.1, 0.15) is 5.82 Å². The second-order valence-corrected chi connectivity index (χ2v) is 8.44. The molecule has 2 aromatic rings. The van der Waals surface area contributed by atoms with E-state index >= 15 is 0 Å². The summed E-state index contributed by atoms with van der Waals surface area (Å²) in [6.45, 7) is 5.22. The van der Waals surface area contributed by atoms with Crippen LogP contribution in [0.1, 0.15) is 11.1 Å². The number of likely N-dealkylation sites (tertiary alicyclic amines) is 1. The zero-order valence-corrected chi connectivity index (χ0v) is 17.0. The molecular weight excluding hydrogens is 390 g/mol. The number of fused-ring (bicyclic) bond motifs is 1. The van der Waals surface area contributed by atoms with Crippen LogP contribution in [0, 0.1) is 5.41 Å². The maximum absolute atomic E-state index is 13.3. The minimum absolute atomic E-state index is 0.0685. The molecule has 0 N–H and O–H groups in total. The van der Waals surface area contributed by atoms with E-state index in [4.69, 9.17) is 16.3 Å². The fourth-order valence-corrected chi connectivity index (χ4v) is 4.76. The molecule has 2 fully saturated rings. The molecule has 4 heterocycles. The number of carbonyl (C=O) groups is 1. The fraction of sp³-hybridized carbons (Fsp3) is 0.476. The number of carbonyl (C=O) groups excluding carboxylic acids is 1. The van der Waals surface area contributed by atoms with E-state index in [1.807, 2.05) is 21.9 Å². The molecule has 1 spiro atoms. The molecule has 1 aromatic carbocycles. The van der Waals surface area contributed by atoms with E-state index in [1.165, 1.54) is 0 Å². The van der Waals surface area contributed by atoms with E-state index in [9.17, 15) is 4.79 Å². The van der Waals surface area contributed by atoms with Crippen LogP contribution in [0.15, 0.2) is 36.8 Å². The number of benzene rings is 1. The number of hydrogen-bond acceptors (Lipinski definition) is 5. The van der Waals surface area contributed by atoms with Gasteiger partial charge in [0.05, 0.1) is 26.0 Å². The van der Waals surface area contributed by atoms with Gasteiger partial charge in [-0.2, -0.15) is 0 Å². The van der Waals surface area contributed by atoms with Crippen LogP contribution in [0.2, 0.25) is 0 Å². The number of amides is 2. The SMILES string of the molecule is O=C(N1CC2(C1)CN(c1cnccn1)C2)N1CCOCCc2cc(CCl)ccc21. The molecule has 0 bridgehead atoms. The quantitative estimate of drug-likeness (QED) is 0.708. The lowest BCUT2D eigenvalue weighted by atomic mass is 9.73. The van der Waals surface area contributed by atoms with Gasteiger partial charge in [-0.3, -0.25) is 9.88 Å². The van der Waals surface area contributed by atoms with E-state index in [0.717, 1.165) is 55.2 Å². The Bertz CT molecular complexity index is 895. The number of ether oxygens (including phenoxy) is 1. The van der Waals surface area contributed by atoms with Gasteiger partial charge < -0.3 is 14.5 Å². The van der Waals surface area contributed by atoms with Gasteiger partial charge in [0.15, 0.2) is 0 Å². The summed E-state index contributed by atoms with van der Waals surface area (Å²) in [4.78, 5) is 27.8. The van der Waals surface area contributed by atoms with Crippen LogP contribution in [0.5, 0.6) is 0 Å². The predicted octanol–water partition coefficient (Wildman–Crippen LogP) is 2.54. The molecule has 7 nitrogen and oxygen atoms in total. The van der Waals surface area contributed by atoms with Gasteiger partial charge in [0.25, 0.3) is 0 Å². The number of urea groups is 1. The molecule has 3 aliphatic rings. The van der Waals surface area contributed by atoms with Crippen LogP contribution < -0.4 is 9.80 Å². The van der Waals surface area contributed by atoms with Crippen molar-refractivity contribution in [1.29, 1.82) is 0 Å². The Balaban J connectivity index is 1.26. The van der Waals surface area contributed by atoms with Crippen molar-refractivity contribution in [3.8, 4) is 0 Å². The molecular formula is C21H24ClN5O2. The molecule has 152 valence electrons. The van der Waals surface area contributed by atoms with Crippen molar-refractivity contribution in [3.63, 3.8) is 0 Å². The van der Waals surface area contributed by atoms with Crippen molar-refractivity contribution in [2.45, 2.75) is 12.3 Å². The molecule has 3 aliphatic heterocycles. The second kappa shape index (κ2) is 7.46. The van der Waals surface area contributed by atoms with Crippen molar-refractivity contribution in [1.82, 2.24) is 14.9 Å². The third kappa shape index (κ3) is 3.42. The average Bonchev–Trinajstić information content (AvgIpc) is 2.67. The Morgan fingerprint density at radius 3 is 2.79 bits per heavy atom. The molecule has 0 radical (unpaired) electrons. The lowest BCUT2D eigenvalue weighted by Crippen LogP contribution is -2.74. The summed E-state index contributed by atoms with van der Waals surface area (Å²) in [5.41, 5.74) is 3.38. The van der Waals surface area contributed by atoms with E-state index < -0.39 is 0 Å². The van der Waals surface area contributed by atoms with E-state index in [0.29, 0.717) is 25.6 Å². The summed E-state index contributed by atoms with van der Waals surface area (Å²) in [6.07, 6.45) is 5.99. The maximum Gasteiger partial charge on any atom is 0.324 e. The average molecular weight is 414 g/mol. The Labute approximate surface area is 175 Å². The number of halogens is 1. The fourth-order valence-electron chi connectivity index (χ4n) is 4.59. The van der Waals surface area contributed by atoms with Crippen LogP contribution in [0.3, 0.4) is 0 Å². The maximum atomic E-state index is 13.3. The minimum atomic E-state index is 0.0685. The van der Waals surface area contributed by atoms with Gasteiger partial charge in [0, 0.05) is 55.6 Å². The highest BCUT2D eigenvalue weighted by Crippen LogP contribution is 2.42. The van der Waals surface area contributed by atoms with Crippen molar-refractivity contribution in [3.05, 3.63) is 47.9 Å². The van der Waals surface area contributed by atoms with Crippen LogP contribution in [0.25, 0.3) is 0 Å². The summed E-state index contributed by atoms with van der Waals surface area (Å²) in [5, 5.41) is 0. The molecule has 5 rings (SSSR count). The lowest BCUT2D eigenvalue weighted by molar-refractivity contribution is 0.00908. The topological polar surface area (TPSA) is 61.8 Å². The number of aromatic nitrogens is 2. The van der Waals surface area contributed by atoms with Crippen LogP contribution in [0.4, 0.5) is 16.3 Å². The van der Waals surface area contributed by atoms with Crippen LogP contribution >= 0.6 is 11.6 Å². The molecule has 29 heavy (non-hydrogen) atoms. The molecule has 0 atom stereocenters. The number of nitrogens with zero attached hydrogens (tertiary/aromatic N) is 5. The predicted molar refractivity (Wildman–Crippen MR) is 112 cm³/mol. The summed E-state index contributed by atoms with van der Waals surface area (Å²) in [7, 11) is 0. The Hall–Kier alpha value is -2.38. The first kappa shape index (κ1) is 18.6. The largest absolute Gasteiger partial charge is 0.379 e. The summed E-state index contributed by atoms with van der Waals surface area (Å²) in [5.74, 6) is 1.38. The van der Waals surface area contributed by atoms with Crippen molar-refractivity contribution in [2.24, 2.45) is 5.41 Å². The first-order valence-electron chi connectivity index (χ1n) is 10.0. The molecule has 0 saturated carbocycles. The molecule has 2 amide bonds. The summed E-state index contributed by atoms with van der Waals surface area (Å²) < 4.78 is 5.69. The smallest absolute Gasteiger partial charge is 0.324 e. The van der Waals surface area contributed by atoms with Gasteiger partial charge in [-0.1, -0.05) is 12.1 Å². The lowest BCUT2D eigenvalue weighted by Gasteiger charge is -2.60. The first-order chi connectivity index (χ1) is 14.2. The molecule has 0 aliphatic carbocycles. The second-order valence-electron chi connectivity index (χ2n) is 8.17. The zero-order valence-electron chi connectivity index (χ0n) is 16.3. The molecule has 8 heteroatoms. The number of alkyl halides is 1. The third-order valence-corrected chi connectivity index (χ3v) is 6.35. The zero-order chi connectivity index (χ0) is 19.8. The van der Waals surface area contributed by atoms with Gasteiger partial charge in [0.2, 0.25) is 0 Å². The van der Waals surface area contributed by atoms with Gasteiger partial charge >= 0.3 is 6.03 Å². The van der Waals surface area contributed by atoms with Crippen molar-refractivity contribution >= 4 is 29.1 Å². The minimum Gasteiger partial charge on any atom is -0.379 e. The van der Waals surface area contributed by atoms with Gasteiger partial charge in [-0.15, -0.1) is 11.6 Å². The number of hydrogen-bond donors (Lipinski definition) is 0. The highest BCUT2D eigenvalue weighted by Gasteiger charge is 2.54. The Morgan fingerprint density at radius 2 is 2.03 bits per heavy atom. The van der Waals surface area contributed by atoms with Crippen molar-refractivity contribution < 1.29 is 9.53 Å². The first-order valence-corrected chi connectivity index (χ1v) is 10.5. The summed E-state index contributed by atoms with van der Waals surface area (Å²) >= 11 is 6.00. The van der Waals surface area contributed by atoms with Crippen molar-refractivity contribution in [2.75, 3.05) is 55.7 Å². The molecule has 1 aromatic heterocycles. The van der Waals surface area contributed by atoms with Gasteiger partial charge in [-0.05, 0) is 23.6 Å². The highest BCUT2D eigenvalue weighted by atomic mass is 35.5. The number of anilines is 2.